The highest BCUT2D eigenvalue weighted by Crippen LogP contribution is 1.84. The molecule has 0 rings (SSSR count). The second-order valence-electron chi connectivity index (χ2n) is 3.79. The van der Waals surface area contributed by atoms with Gasteiger partial charge in [-0.25, -0.2) is 0 Å². The van der Waals surface area contributed by atoms with E-state index in [2.05, 4.69) is 0 Å². The molecule has 19 heavy (non-hydrogen) atoms. The second-order valence-corrected chi connectivity index (χ2v) is 3.79. The van der Waals surface area contributed by atoms with Gasteiger partial charge in [-0.15, -0.1) is 0 Å². The molecule has 0 aliphatic heterocycles. The summed E-state index contributed by atoms with van der Waals surface area (Å²) in [5, 5.41) is 0. The van der Waals surface area contributed by atoms with Crippen LogP contribution in [0.15, 0.2) is 0 Å². The van der Waals surface area contributed by atoms with Gasteiger partial charge in [0.2, 0.25) is 0 Å². The molecule has 2 N–H and O–H groups in total. The minimum absolute atomic E-state index is 0.581. The van der Waals surface area contributed by atoms with Gasteiger partial charge in [0, 0.05) is 13.2 Å². The highest BCUT2D eigenvalue weighted by atomic mass is 16.6. The van der Waals surface area contributed by atoms with Crippen LogP contribution >= 0.6 is 0 Å². The third-order valence-electron chi connectivity index (χ3n) is 2.18. The predicted octanol–water partition coefficient (Wildman–Crippen LogP) is 0.438. The zero-order valence-corrected chi connectivity index (χ0v) is 12.1. The van der Waals surface area contributed by atoms with E-state index >= 15 is 0 Å². The molecule has 0 saturated carbocycles. The molecule has 0 aliphatic carbocycles. The molecule has 6 nitrogen and oxygen atoms in total. The Hall–Kier alpha value is -0.240. The molecule has 0 radical (unpaired) electrons. The van der Waals surface area contributed by atoms with E-state index in [1.54, 1.807) is 0 Å². The summed E-state index contributed by atoms with van der Waals surface area (Å²) in [5.74, 6) is 0. The molecule has 0 fully saturated rings. The monoisotopic (exact) mass is 279 g/mol. The van der Waals surface area contributed by atoms with E-state index < -0.39 is 0 Å². The molecule has 0 bridgehead atoms. The maximum atomic E-state index is 5.34. The SMILES string of the molecule is CCOCCOCCOCCOCCOCCCN. The lowest BCUT2D eigenvalue weighted by Gasteiger charge is -2.07. The molecule has 0 atom stereocenters. The molecule has 0 spiro atoms. The summed E-state index contributed by atoms with van der Waals surface area (Å²) in [5.41, 5.74) is 5.34. The van der Waals surface area contributed by atoms with Crippen LogP contribution in [0, 0.1) is 0 Å². The van der Waals surface area contributed by atoms with Crippen LogP contribution in [0.2, 0.25) is 0 Å². The van der Waals surface area contributed by atoms with Gasteiger partial charge < -0.3 is 29.4 Å². The number of ether oxygens (including phenoxy) is 5. The average molecular weight is 279 g/mol. The van der Waals surface area contributed by atoms with Crippen LogP contribution in [0.1, 0.15) is 13.3 Å². The molecule has 116 valence electrons. The summed E-state index contributed by atoms with van der Waals surface area (Å²) in [4.78, 5) is 0. The highest BCUT2D eigenvalue weighted by Gasteiger charge is 1.92. The van der Waals surface area contributed by atoms with Crippen molar-refractivity contribution >= 4 is 0 Å². The van der Waals surface area contributed by atoms with Gasteiger partial charge in [0.1, 0.15) is 0 Å². The number of hydrogen-bond donors (Lipinski definition) is 1. The van der Waals surface area contributed by atoms with Crippen LogP contribution in [-0.4, -0.2) is 72.6 Å². The van der Waals surface area contributed by atoms with E-state index in [1.807, 2.05) is 6.92 Å². The highest BCUT2D eigenvalue weighted by molar-refractivity contribution is 4.37. The topological polar surface area (TPSA) is 72.2 Å². The Bertz CT molecular complexity index is 144. The largest absolute Gasteiger partial charge is 0.379 e. The Kier molecular flexibility index (Phi) is 17.5. The molecule has 0 aromatic carbocycles. The smallest absolute Gasteiger partial charge is 0.0701 e. The van der Waals surface area contributed by atoms with Gasteiger partial charge >= 0.3 is 0 Å². The molecule has 0 unspecified atom stereocenters. The normalized spacial score (nSPS) is 11.1. The van der Waals surface area contributed by atoms with Crippen molar-refractivity contribution in [1.82, 2.24) is 0 Å². The standard InChI is InChI=1S/C13H29NO5/c1-2-15-6-7-17-10-11-19-13-12-18-9-8-16-5-3-4-14/h2-14H2,1H3. The van der Waals surface area contributed by atoms with Gasteiger partial charge in [0.25, 0.3) is 0 Å². The number of hydrogen-bond acceptors (Lipinski definition) is 6. The first-order valence-corrected chi connectivity index (χ1v) is 7.00. The van der Waals surface area contributed by atoms with Crippen molar-refractivity contribution in [2.75, 3.05) is 72.6 Å². The summed E-state index contributed by atoms with van der Waals surface area (Å²) >= 11 is 0. The van der Waals surface area contributed by atoms with Crippen LogP contribution in [0.25, 0.3) is 0 Å². The maximum absolute atomic E-state index is 5.34. The summed E-state index contributed by atoms with van der Waals surface area (Å²) < 4.78 is 26.4. The van der Waals surface area contributed by atoms with Crippen molar-refractivity contribution in [3.05, 3.63) is 0 Å². The van der Waals surface area contributed by atoms with E-state index in [0.717, 1.165) is 13.0 Å². The van der Waals surface area contributed by atoms with Crippen LogP contribution in [0.3, 0.4) is 0 Å². The number of nitrogens with two attached hydrogens (primary N) is 1. The molecule has 0 aromatic heterocycles. The second kappa shape index (κ2) is 17.8. The Labute approximate surface area is 116 Å². The zero-order valence-electron chi connectivity index (χ0n) is 12.1. The lowest BCUT2D eigenvalue weighted by atomic mass is 10.5. The first kappa shape index (κ1) is 18.8. The fourth-order valence-corrected chi connectivity index (χ4v) is 1.21. The molecular formula is C13H29NO5. The van der Waals surface area contributed by atoms with Crippen LogP contribution < -0.4 is 5.73 Å². The fraction of sp³-hybridized carbons (Fsp3) is 1.00. The molecule has 0 heterocycles. The minimum atomic E-state index is 0.581. The van der Waals surface area contributed by atoms with E-state index in [1.165, 1.54) is 0 Å². The van der Waals surface area contributed by atoms with Crippen LogP contribution in [0.4, 0.5) is 0 Å². The third kappa shape index (κ3) is 17.8. The Morgan fingerprint density at radius 1 is 0.579 bits per heavy atom. The van der Waals surface area contributed by atoms with Crippen molar-refractivity contribution in [1.29, 1.82) is 0 Å². The van der Waals surface area contributed by atoms with Crippen molar-refractivity contribution in [2.45, 2.75) is 13.3 Å². The van der Waals surface area contributed by atoms with Gasteiger partial charge in [0.15, 0.2) is 0 Å². The van der Waals surface area contributed by atoms with Gasteiger partial charge in [-0.2, -0.15) is 0 Å². The first-order valence-electron chi connectivity index (χ1n) is 7.00. The minimum Gasteiger partial charge on any atom is -0.379 e. The average Bonchev–Trinajstić information content (AvgIpc) is 2.43. The lowest BCUT2D eigenvalue weighted by molar-refractivity contribution is -0.0102. The van der Waals surface area contributed by atoms with Gasteiger partial charge in [-0.1, -0.05) is 0 Å². The van der Waals surface area contributed by atoms with E-state index in [4.69, 9.17) is 29.4 Å². The molecule has 0 aromatic rings. The van der Waals surface area contributed by atoms with Gasteiger partial charge in [0.05, 0.1) is 52.9 Å². The third-order valence-corrected chi connectivity index (χ3v) is 2.18. The quantitative estimate of drug-likeness (QED) is 0.413. The van der Waals surface area contributed by atoms with Crippen molar-refractivity contribution in [3.63, 3.8) is 0 Å². The van der Waals surface area contributed by atoms with Crippen LogP contribution in [-0.2, 0) is 23.7 Å². The van der Waals surface area contributed by atoms with E-state index in [0.29, 0.717) is 66.0 Å². The summed E-state index contributed by atoms with van der Waals surface area (Å²) in [6, 6.07) is 0. The van der Waals surface area contributed by atoms with E-state index in [-0.39, 0.29) is 0 Å². The molecule has 0 saturated heterocycles. The molecular weight excluding hydrogens is 250 g/mol. The Balaban J connectivity index is 2.88. The van der Waals surface area contributed by atoms with Crippen LogP contribution in [0.5, 0.6) is 0 Å². The molecule has 0 aliphatic rings. The zero-order chi connectivity index (χ0) is 14.0. The van der Waals surface area contributed by atoms with Crippen molar-refractivity contribution in [2.24, 2.45) is 5.73 Å². The van der Waals surface area contributed by atoms with Gasteiger partial charge in [-0.3, -0.25) is 0 Å². The summed E-state index contributed by atoms with van der Waals surface area (Å²) in [6.45, 7) is 8.88. The Morgan fingerprint density at radius 3 is 1.32 bits per heavy atom. The Morgan fingerprint density at radius 2 is 0.947 bits per heavy atom. The predicted molar refractivity (Wildman–Crippen MR) is 73.4 cm³/mol. The van der Waals surface area contributed by atoms with Crippen molar-refractivity contribution < 1.29 is 23.7 Å². The fourth-order valence-electron chi connectivity index (χ4n) is 1.21. The summed E-state index contributed by atoms with van der Waals surface area (Å²) in [7, 11) is 0. The number of rotatable bonds is 16. The molecule has 0 amide bonds. The van der Waals surface area contributed by atoms with Gasteiger partial charge in [-0.05, 0) is 19.9 Å². The van der Waals surface area contributed by atoms with Crippen molar-refractivity contribution in [3.8, 4) is 0 Å². The van der Waals surface area contributed by atoms with E-state index in [9.17, 15) is 0 Å². The molecule has 6 heteroatoms. The lowest BCUT2D eigenvalue weighted by Crippen LogP contribution is -2.13. The first-order chi connectivity index (χ1) is 9.41. The maximum Gasteiger partial charge on any atom is 0.0701 e. The summed E-state index contributed by atoms with van der Waals surface area (Å²) in [6.07, 6.45) is 0.895.